The van der Waals surface area contributed by atoms with E-state index in [-0.39, 0.29) is 36.2 Å². The van der Waals surface area contributed by atoms with E-state index in [0.29, 0.717) is 12.1 Å². The molecule has 0 fully saturated rings. The lowest BCUT2D eigenvalue weighted by atomic mass is 10.0. The Morgan fingerprint density at radius 1 is 1.42 bits per heavy atom. The van der Waals surface area contributed by atoms with Crippen LogP contribution in [0, 0.1) is 5.92 Å². The summed E-state index contributed by atoms with van der Waals surface area (Å²) in [7, 11) is 0. The molecule has 1 heterocycles. The number of carbonyl (C=O) groups is 2. The topological polar surface area (TPSA) is 84.2 Å². The Hall–Kier alpha value is -1.59. The highest BCUT2D eigenvalue weighted by atomic mass is 35.5. The van der Waals surface area contributed by atoms with E-state index in [4.69, 9.17) is 5.73 Å². The average molecular weight is 284 g/mol. The molecule has 0 bridgehead atoms. The molecule has 2 atom stereocenters. The molecule has 5 nitrogen and oxygen atoms in total. The van der Waals surface area contributed by atoms with E-state index < -0.39 is 0 Å². The normalized spacial score (nSPS) is 15.8. The zero-order valence-corrected chi connectivity index (χ0v) is 11.7. The molecular weight excluding hydrogens is 266 g/mol. The lowest BCUT2D eigenvalue weighted by Crippen LogP contribution is -2.34. The molecule has 19 heavy (non-hydrogen) atoms. The number of nitrogens with one attached hydrogen (secondary N) is 2. The molecular formula is C13H18ClN3O2. The van der Waals surface area contributed by atoms with E-state index in [1.165, 1.54) is 0 Å². The fourth-order valence-corrected chi connectivity index (χ4v) is 1.80. The van der Waals surface area contributed by atoms with Gasteiger partial charge in [-0.15, -0.1) is 12.4 Å². The number of fused-ring (bicyclic) bond motifs is 1. The second-order valence-electron chi connectivity index (χ2n) is 4.73. The molecule has 1 aromatic carbocycles. The van der Waals surface area contributed by atoms with Crippen LogP contribution in [-0.4, -0.2) is 17.9 Å². The summed E-state index contributed by atoms with van der Waals surface area (Å²) in [6.07, 6.45) is 0.363. The van der Waals surface area contributed by atoms with Crippen molar-refractivity contribution in [2.24, 2.45) is 11.7 Å². The van der Waals surface area contributed by atoms with Crippen LogP contribution >= 0.6 is 12.4 Å². The van der Waals surface area contributed by atoms with Gasteiger partial charge in [-0.2, -0.15) is 0 Å². The first-order valence-corrected chi connectivity index (χ1v) is 5.96. The molecule has 4 N–H and O–H groups in total. The Bertz CT molecular complexity index is 503. The van der Waals surface area contributed by atoms with Crippen molar-refractivity contribution in [2.75, 3.05) is 10.6 Å². The molecule has 1 aromatic rings. The van der Waals surface area contributed by atoms with Crippen molar-refractivity contribution in [1.29, 1.82) is 0 Å². The number of amides is 2. The summed E-state index contributed by atoms with van der Waals surface area (Å²) in [5, 5.41) is 5.56. The van der Waals surface area contributed by atoms with Crippen LogP contribution in [-0.2, 0) is 16.0 Å². The van der Waals surface area contributed by atoms with Gasteiger partial charge in [-0.25, -0.2) is 0 Å². The van der Waals surface area contributed by atoms with Gasteiger partial charge in [0.1, 0.15) is 0 Å². The molecule has 0 aliphatic carbocycles. The van der Waals surface area contributed by atoms with Crippen LogP contribution in [0.2, 0.25) is 0 Å². The van der Waals surface area contributed by atoms with E-state index in [0.717, 1.165) is 11.3 Å². The monoisotopic (exact) mass is 283 g/mol. The zero-order valence-electron chi connectivity index (χ0n) is 10.9. The van der Waals surface area contributed by atoms with Crippen LogP contribution in [0.3, 0.4) is 0 Å². The molecule has 104 valence electrons. The van der Waals surface area contributed by atoms with Gasteiger partial charge in [0.15, 0.2) is 0 Å². The molecule has 6 heteroatoms. The Kier molecular flexibility index (Phi) is 4.91. The van der Waals surface area contributed by atoms with E-state index in [1.54, 1.807) is 26.0 Å². The third-order valence-electron chi connectivity index (χ3n) is 3.20. The maximum absolute atomic E-state index is 11.8. The highest BCUT2D eigenvalue weighted by molar-refractivity contribution is 6.00. The lowest BCUT2D eigenvalue weighted by molar-refractivity contribution is -0.119. The quantitative estimate of drug-likeness (QED) is 0.786. The Morgan fingerprint density at radius 3 is 2.74 bits per heavy atom. The standard InChI is InChI=1S/C13H17N3O2.ClH/c1-7(8(2)14)13(18)15-10-3-4-11-9(5-10)6-12(17)16-11;/h3-5,7-8H,6,14H2,1-2H3,(H,15,18)(H,16,17);1H. The summed E-state index contributed by atoms with van der Waals surface area (Å²) in [5.74, 6) is -0.377. The van der Waals surface area contributed by atoms with Gasteiger partial charge in [0.25, 0.3) is 0 Å². The van der Waals surface area contributed by atoms with E-state index in [1.807, 2.05) is 6.07 Å². The third kappa shape index (κ3) is 3.45. The summed E-state index contributed by atoms with van der Waals surface area (Å²) in [6.45, 7) is 3.59. The minimum Gasteiger partial charge on any atom is -0.327 e. The molecule has 1 aliphatic rings. The summed E-state index contributed by atoms with van der Waals surface area (Å²) in [6, 6.07) is 5.20. The average Bonchev–Trinajstić information content (AvgIpc) is 2.67. The number of hydrogen-bond acceptors (Lipinski definition) is 3. The van der Waals surface area contributed by atoms with Gasteiger partial charge >= 0.3 is 0 Å². The van der Waals surface area contributed by atoms with Crippen molar-refractivity contribution in [3.05, 3.63) is 23.8 Å². The number of nitrogens with two attached hydrogens (primary N) is 1. The number of rotatable bonds is 3. The highest BCUT2D eigenvalue weighted by Gasteiger charge is 2.20. The van der Waals surface area contributed by atoms with Crippen molar-refractivity contribution in [3.8, 4) is 0 Å². The number of hydrogen-bond donors (Lipinski definition) is 3. The molecule has 1 aliphatic heterocycles. The number of halogens is 1. The number of carbonyl (C=O) groups excluding carboxylic acids is 2. The van der Waals surface area contributed by atoms with Crippen molar-refractivity contribution < 1.29 is 9.59 Å². The molecule has 0 radical (unpaired) electrons. The second kappa shape index (κ2) is 6.04. The molecule has 0 spiro atoms. The van der Waals surface area contributed by atoms with Crippen molar-refractivity contribution in [2.45, 2.75) is 26.3 Å². The van der Waals surface area contributed by atoms with E-state index in [2.05, 4.69) is 10.6 Å². The Morgan fingerprint density at radius 2 is 2.11 bits per heavy atom. The molecule has 0 aromatic heterocycles. The van der Waals surface area contributed by atoms with Gasteiger partial charge in [0.05, 0.1) is 12.3 Å². The Labute approximate surface area is 118 Å². The maximum atomic E-state index is 11.8. The van der Waals surface area contributed by atoms with Crippen LogP contribution in [0.15, 0.2) is 18.2 Å². The predicted molar refractivity (Wildman–Crippen MR) is 77.5 cm³/mol. The van der Waals surface area contributed by atoms with Crippen LogP contribution < -0.4 is 16.4 Å². The van der Waals surface area contributed by atoms with Crippen LogP contribution in [0.5, 0.6) is 0 Å². The lowest BCUT2D eigenvalue weighted by Gasteiger charge is -2.15. The van der Waals surface area contributed by atoms with Gasteiger partial charge in [-0.1, -0.05) is 6.92 Å². The van der Waals surface area contributed by atoms with Gasteiger partial charge in [-0.05, 0) is 30.7 Å². The Balaban J connectivity index is 0.00000180. The minimum absolute atomic E-state index is 0. The maximum Gasteiger partial charge on any atom is 0.228 e. The van der Waals surface area contributed by atoms with Gasteiger partial charge in [0.2, 0.25) is 11.8 Å². The molecule has 2 amide bonds. The predicted octanol–water partition coefficient (Wildman–Crippen LogP) is 1.52. The number of anilines is 2. The second-order valence-corrected chi connectivity index (χ2v) is 4.73. The molecule has 2 rings (SSSR count). The zero-order chi connectivity index (χ0) is 13.3. The van der Waals surface area contributed by atoms with Crippen molar-refractivity contribution in [1.82, 2.24) is 0 Å². The minimum atomic E-state index is -0.252. The smallest absolute Gasteiger partial charge is 0.228 e. The first kappa shape index (κ1) is 15.5. The van der Waals surface area contributed by atoms with Crippen LogP contribution in [0.4, 0.5) is 11.4 Å². The fraction of sp³-hybridized carbons (Fsp3) is 0.385. The first-order valence-electron chi connectivity index (χ1n) is 5.96. The van der Waals surface area contributed by atoms with Crippen LogP contribution in [0.1, 0.15) is 19.4 Å². The summed E-state index contributed by atoms with van der Waals surface area (Å²) in [5.41, 5.74) is 8.11. The third-order valence-corrected chi connectivity index (χ3v) is 3.20. The van der Waals surface area contributed by atoms with Crippen molar-refractivity contribution in [3.63, 3.8) is 0 Å². The molecule has 2 unspecified atom stereocenters. The van der Waals surface area contributed by atoms with E-state index >= 15 is 0 Å². The highest BCUT2D eigenvalue weighted by Crippen LogP contribution is 2.26. The van der Waals surface area contributed by atoms with E-state index in [9.17, 15) is 9.59 Å². The van der Waals surface area contributed by atoms with Crippen molar-refractivity contribution >= 4 is 35.6 Å². The van der Waals surface area contributed by atoms with Crippen LogP contribution in [0.25, 0.3) is 0 Å². The summed E-state index contributed by atoms with van der Waals surface area (Å²) >= 11 is 0. The molecule has 0 saturated carbocycles. The first-order chi connectivity index (χ1) is 8.47. The largest absolute Gasteiger partial charge is 0.327 e. The van der Waals surface area contributed by atoms with Gasteiger partial charge < -0.3 is 16.4 Å². The number of benzene rings is 1. The molecule has 0 saturated heterocycles. The fourth-order valence-electron chi connectivity index (χ4n) is 1.80. The summed E-state index contributed by atoms with van der Waals surface area (Å²) in [4.78, 5) is 23.1. The summed E-state index contributed by atoms with van der Waals surface area (Å²) < 4.78 is 0. The van der Waals surface area contributed by atoms with Gasteiger partial charge in [-0.3, -0.25) is 9.59 Å². The van der Waals surface area contributed by atoms with Gasteiger partial charge in [0, 0.05) is 17.4 Å². The SMILES string of the molecule is CC(N)C(C)C(=O)Nc1ccc2c(c1)CC(=O)N2.Cl.